The fraction of sp³-hybridized carbons (Fsp3) is 0.467. The maximum absolute atomic E-state index is 12.2. The Labute approximate surface area is 122 Å². The minimum atomic E-state index is -0.317. The van der Waals surface area contributed by atoms with Crippen LogP contribution in [0.3, 0.4) is 0 Å². The number of ether oxygens (including phenoxy) is 2. The van der Waals surface area contributed by atoms with E-state index in [0.29, 0.717) is 22.8 Å². The highest BCUT2D eigenvalue weighted by atomic mass is 35.5. The number of methoxy groups -OCH3 is 1. The van der Waals surface area contributed by atoms with Gasteiger partial charge in [-0.05, 0) is 37.5 Å². The minimum absolute atomic E-state index is 0.0553. The Balaban J connectivity index is 1.69. The molecular formula is C15H15ClO4. The SMILES string of the molecule is COC(=O)[C@H]1C[C@@H]1C(=O)c1ccc(OC2CC2)c(Cl)c1. The molecule has 0 N–H and O–H groups in total. The first-order valence-electron chi connectivity index (χ1n) is 6.68. The maximum atomic E-state index is 12.2. The molecule has 1 aromatic carbocycles. The van der Waals surface area contributed by atoms with Gasteiger partial charge in [-0.25, -0.2) is 0 Å². The van der Waals surface area contributed by atoms with Gasteiger partial charge in [-0.3, -0.25) is 9.59 Å². The Bertz CT molecular complexity index is 565. The van der Waals surface area contributed by atoms with Crippen molar-refractivity contribution in [2.45, 2.75) is 25.4 Å². The van der Waals surface area contributed by atoms with Gasteiger partial charge in [0.15, 0.2) is 5.78 Å². The third-order valence-electron chi connectivity index (χ3n) is 3.67. The first-order chi connectivity index (χ1) is 9.60. The highest BCUT2D eigenvalue weighted by Gasteiger charge is 2.49. The number of hydrogen-bond donors (Lipinski definition) is 0. The summed E-state index contributed by atoms with van der Waals surface area (Å²) in [5.74, 6) is -0.322. The molecule has 2 fully saturated rings. The van der Waals surface area contributed by atoms with Crippen LogP contribution in [-0.2, 0) is 9.53 Å². The summed E-state index contributed by atoms with van der Waals surface area (Å²) in [6, 6.07) is 5.05. The van der Waals surface area contributed by atoms with Crippen molar-refractivity contribution in [3.8, 4) is 5.75 Å². The van der Waals surface area contributed by atoms with E-state index in [-0.39, 0.29) is 29.7 Å². The Morgan fingerprint density at radius 2 is 2.00 bits per heavy atom. The Hall–Kier alpha value is -1.55. The van der Waals surface area contributed by atoms with E-state index in [4.69, 9.17) is 16.3 Å². The molecule has 2 aliphatic carbocycles. The van der Waals surface area contributed by atoms with E-state index >= 15 is 0 Å². The standard InChI is InChI=1S/C15H15ClO4/c1-19-15(18)11-7-10(11)14(17)8-2-5-13(12(16)6-8)20-9-3-4-9/h2,5-6,9-11H,3-4,7H2,1H3/t10-,11-/m0/s1. The predicted octanol–water partition coefficient (Wildman–Crippen LogP) is 2.87. The van der Waals surface area contributed by atoms with Gasteiger partial charge in [0.25, 0.3) is 0 Å². The van der Waals surface area contributed by atoms with Gasteiger partial charge < -0.3 is 9.47 Å². The first-order valence-corrected chi connectivity index (χ1v) is 7.06. The lowest BCUT2D eigenvalue weighted by Crippen LogP contribution is -2.10. The molecule has 0 unspecified atom stereocenters. The topological polar surface area (TPSA) is 52.6 Å². The van der Waals surface area contributed by atoms with E-state index in [2.05, 4.69) is 4.74 Å². The van der Waals surface area contributed by atoms with Crippen molar-refractivity contribution in [3.63, 3.8) is 0 Å². The average Bonchev–Trinajstić information content (AvgIpc) is 3.33. The molecule has 0 saturated heterocycles. The van der Waals surface area contributed by atoms with Crippen LogP contribution >= 0.6 is 11.6 Å². The van der Waals surface area contributed by atoms with Crippen LogP contribution in [0.2, 0.25) is 5.02 Å². The largest absolute Gasteiger partial charge is 0.489 e. The molecule has 0 aromatic heterocycles. The summed E-state index contributed by atoms with van der Waals surface area (Å²) < 4.78 is 10.3. The number of rotatable bonds is 5. The van der Waals surface area contributed by atoms with Gasteiger partial charge in [-0.2, -0.15) is 0 Å². The molecule has 5 heteroatoms. The molecule has 106 valence electrons. The molecule has 0 spiro atoms. The van der Waals surface area contributed by atoms with E-state index in [1.807, 2.05) is 0 Å². The second-order valence-corrected chi connectivity index (χ2v) is 5.71. The van der Waals surface area contributed by atoms with Crippen LogP contribution in [-0.4, -0.2) is 25.0 Å². The fourth-order valence-corrected chi connectivity index (χ4v) is 2.45. The van der Waals surface area contributed by atoms with Crippen molar-refractivity contribution in [2.75, 3.05) is 7.11 Å². The highest BCUT2D eigenvalue weighted by molar-refractivity contribution is 6.32. The monoisotopic (exact) mass is 294 g/mol. The van der Waals surface area contributed by atoms with Gasteiger partial charge in [-0.1, -0.05) is 11.6 Å². The molecule has 2 saturated carbocycles. The fourth-order valence-electron chi connectivity index (χ4n) is 2.23. The zero-order chi connectivity index (χ0) is 14.3. The zero-order valence-electron chi connectivity index (χ0n) is 11.1. The number of hydrogen-bond acceptors (Lipinski definition) is 4. The van der Waals surface area contributed by atoms with Crippen molar-refractivity contribution >= 4 is 23.4 Å². The minimum Gasteiger partial charge on any atom is -0.489 e. The number of ketones is 1. The molecule has 3 rings (SSSR count). The molecule has 20 heavy (non-hydrogen) atoms. The summed E-state index contributed by atoms with van der Waals surface area (Å²) in [7, 11) is 1.34. The van der Waals surface area contributed by atoms with Crippen LogP contribution in [0.4, 0.5) is 0 Å². The van der Waals surface area contributed by atoms with Crippen molar-refractivity contribution in [2.24, 2.45) is 11.8 Å². The summed E-state index contributed by atoms with van der Waals surface area (Å²) in [5, 5.41) is 0.443. The summed E-state index contributed by atoms with van der Waals surface area (Å²) in [6.07, 6.45) is 2.93. The number of esters is 1. The average molecular weight is 295 g/mol. The van der Waals surface area contributed by atoms with E-state index < -0.39 is 0 Å². The summed E-state index contributed by atoms with van der Waals surface area (Å²) in [4.78, 5) is 23.6. The lowest BCUT2D eigenvalue weighted by atomic mass is 10.1. The molecule has 0 radical (unpaired) electrons. The number of Topliss-reactive ketones (excluding diaryl/α,β-unsaturated/α-hetero) is 1. The molecule has 1 aromatic rings. The van der Waals surface area contributed by atoms with E-state index in [1.165, 1.54) is 7.11 Å². The van der Waals surface area contributed by atoms with E-state index in [0.717, 1.165) is 12.8 Å². The highest BCUT2D eigenvalue weighted by Crippen LogP contribution is 2.42. The lowest BCUT2D eigenvalue weighted by Gasteiger charge is -2.08. The summed E-state index contributed by atoms with van der Waals surface area (Å²) in [6.45, 7) is 0. The third-order valence-corrected chi connectivity index (χ3v) is 3.96. The molecule has 0 heterocycles. The normalized spacial score (nSPS) is 24.1. The third kappa shape index (κ3) is 2.66. The Morgan fingerprint density at radius 3 is 2.60 bits per heavy atom. The predicted molar refractivity (Wildman–Crippen MR) is 73.0 cm³/mol. The molecule has 2 aliphatic rings. The van der Waals surface area contributed by atoms with Gasteiger partial charge in [0.2, 0.25) is 0 Å². The molecule has 0 amide bonds. The van der Waals surface area contributed by atoms with Crippen molar-refractivity contribution in [1.82, 2.24) is 0 Å². The van der Waals surface area contributed by atoms with Crippen LogP contribution in [0.5, 0.6) is 5.75 Å². The maximum Gasteiger partial charge on any atom is 0.309 e. The summed E-state index contributed by atoms with van der Waals surface area (Å²) in [5.41, 5.74) is 0.523. The van der Waals surface area contributed by atoms with Crippen LogP contribution in [0.15, 0.2) is 18.2 Å². The van der Waals surface area contributed by atoms with Gasteiger partial charge in [-0.15, -0.1) is 0 Å². The molecular weight excluding hydrogens is 280 g/mol. The van der Waals surface area contributed by atoms with Crippen LogP contribution in [0.1, 0.15) is 29.6 Å². The van der Waals surface area contributed by atoms with Gasteiger partial charge >= 0.3 is 5.97 Å². The van der Waals surface area contributed by atoms with Gasteiger partial charge in [0.05, 0.1) is 24.2 Å². The van der Waals surface area contributed by atoms with E-state index in [1.54, 1.807) is 18.2 Å². The Morgan fingerprint density at radius 1 is 1.25 bits per heavy atom. The van der Waals surface area contributed by atoms with Crippen LogP contribution < -0.4 is 4.74 Å². The Kier molecular flexibility index (Phi) is 3.42. The smallest absolute Gasteiger partial charge is 0.309 e. The summed E-state index contributed by atoms with van der Waals surface area (Å²) >= 11 is 6.13. The van der Waals surface area contributed by atoms with Crippen molar-refractivity contribution < 1.29 is 19.1 Å². The van der Waals surface area contributed by atoms with Crippen molar-refractivity contribution in [1.29, 1.82) is 0 Å². The number of benzene rings is 1. The van der Waals surface area contributed by atoms with Crippen LogP contribution in [0.25, 0.3) is 0 Å². The molecule has 0 aliphatic heterocycles. The van der Waals surface area contributed by atoms with E-state index in [9.17, 15) is 9.59 Å². The number of halogens is 1. The molecule has 2 atom stereocenters. The van der Waals surface area contributed by atoms with Crippen LogP contribution in [0, 0.1) is 11.8 Å². The number of carbonyl (C=O) groups is 2. The van der Waals surface area contributed by atoms with Gasteiger partial charge in [0.1, 0.15) is 5.75 Å². The second kappa shape index (κ2) is 5.09. The van der Waals surface area contributed by atoms with Gasteiger partial charge in [0, 0.05) is 11.5 Å². The lowest BCUT2D eigenvalue weighted by molar-refractivity contribution is -0.142. The quantitative estimate of drug-likeness (QED) is 0.619. The first kappa shape index (κ1) is 13.4. The van der Waals surface area contributed by atoms with Crippen molar-refractivity contribution in [3.05, 3.63) is 28.8 Å². The molecule has 4 nitrogen and oxygen atoms in total. The second-order valence-electron chi connectivity index (χ2n) is 5.30. The zero-order valence-corrected chi connectivity index (χ0v) is 11.9. The number of carbonyl (C=O) groups excluding carboxylic acids is 2. The molecule has 0 bridgehead atoms.